The molecule has 0 aliphatic heterocycles. The van der Waals surface area contributed by atoms with Crippen LogP contribution in [0.25, 0.3) is 0 Å². The summed E-state index contributed by atoms with van der Waals surface area (Å²) in [5.41, 5.74) is 1.24. The van der Waals surface area contributed by atoms with Crippen LogP contribution in [0.3, 0.4) is 0 Å². The first-order valence-corrected chi connectivity index (χ1v) is 9.37. The van der Waals surface area contributed by atoms with Crippen molar-refractivity contribution in [2.45, 2.75) is 4.90 Å². The lowest BCUT2D eigenvalue weighted by Gasteiger charge is -2.08. The van der Waals surface area contributed by atoms with Gasteiger partial charge >= 0.3 is 0 Å². The van der Waals surface area contributed by atoms with Gasteiger partial charge in [0.1, 0.15) is 0 Å². The number of para-hydroxylation sites is 1. The van der Waals surface area contributed by atoms with Gasteiger partial charge < -0.3 is 0 Å². The van der Waals surface area contributed by atoms with Crippen LogP contribution in [0.2, 0.25) is 0 Å². The number of nitrogens with zero attached hydrogens (tertiary/aromatic N) is 1. The molecule has 3 rings (SSSR count). The fraction of sp³-hybridized carbons (Fsp3) is 0. The summed E-state index contributed by atoms with van der Waals surface area (Å²) in [5, 5.41) is 11.1. The van der Waals surface area contributed by atoms with Crippen LogP contribution < -0.4 is 4.72 Å². The molecular formula is C20H14N2O4S. The van der Waals surface area contributed by atoms with Crippen LogP contribution in [0.15, 0.2) is 83.8 Å². The second-order valence-electron chi connectivity index (χ2n) is 5.53. The Kier molecular flexibility index (Phi) is 5.20. The van der Waals surface area contributed by atoms with Gasteiger partial charge in [0.15, 0.2) is 4.90 Å². The maximum atomic E-state index is 12.6. The minimum absolute atomic E-state index is 0.271. The zero-order chi connectivity index (χ0) is 19.3. The van der Waals surface area contributed by atoms with Gasteiger partial charge in [-0.05, 0) is 36.4 Å². The van der Waals surface area contributed by atoms with Gasteiger partial charge in [-0.1, -0.05) is 48.2 Å². The smallest absolute Gasteiger partial charge is 0.279 e. The summed E-state index contributed by atoms with van der Waals surface area (Å²) in [4.78, 5) is 9.97. The number of hydrogen-bond donors (Lipinski definition) is 1. The standard InChI is InChI=1S/C20H14N2O4S/c23-22(24)19-11-4-5-12-20(19)27(25,26)21-18-10-6-9-17(15-18)14-13-16-7-2-1-3-8-16/h1-12,15,21H. The van der Waals surface area contributed by atoms with E-state index in [-0.39, 0.29) is 5.69 Å². The average molecular weight is 378 g/mol. The molecule has 0 fully saturated rings. The Labute approximate surface area is 156 Å². The molecule has 3 aromatic carbocycles. The van der Waals surface area contributed by atoms with Crippen molar-refractivity contribution < 1.29 is 13.3 Å². The summed E-state index contributed by atoms with van der Waals surface area (Å²) in [5.74, 6) is 5.95. The lowest BCUT2D eigenvalue weighted by Crippen LogP contribution is -2.14. The number of anilines is 1. The van der Waals surface area contributed by atoms with E-state index in [4.69, 9.17) is 0 Å². The number of benzene rings is 3. The highest BCUT2D eigenvalue weighted by Gasteiger charge is 2.25. The van der Waals surface area contributed by atoms with E-state index in [1.807, 2.05) is 30.3 Å². The van der Waals surface area contributed by atoms with Crippen LogP contribution in [0.1, 0.15) is 11.1 Å². The highest BCUT2D eigenvalue weighted by molar-refractivity contribution is 7.92. The molecule has 3 aromatic rings. The van der Waals surface area contributed by atoms with Crippen molar-refractivity contribution in [2.75, 3.05) is 4.72 Å². The summed E-state index contributed by atoms with van der Waals surface area (Å²) in [6, 6.07) is 21.1. The Morgan fingerprint density at radius 1 is 0.815 bits per heavy atom. The Morgan fingerprint density at radius 2 is 1.44 bits per heavy atom. The zero-order valence-corrected chi connectivity index (χ0v) is 14.8. The van der Waals surface area contributed by atoms with Crippen LogP contribution in [-0.4, -0.2) is 13.3 Å². The van der Waals surface area contributed by atoms with Crippen molar-refractivity contribution in [1.29, 1.82) is 0 Å². The second kappa shape index (κ2) is 7.72. The van der Waals surface area contributed by atoms with E-state index in [0.29, 0.717) is 5.56 Å². The molecule has 27 heavy (non-hydrogen) atoms. The summed E-state index contributed by atoms with van der Waals surface area (Å²) < 4.78 is 27.5. The molecule has 0 saturated heterocycles. The second-order valence-corrected chi connectivity index (χ2v) is 7.18. The van der Waals surface area contributed by atoms with Crippen LogP contribution in [0.4, 0.5) is 11.4 Å². The Bertz CT molecular complexity index is 1150. The molecule has 134 valence electrons. The maximum Gasteiger partial charge on any atom is 0.289 e. The maximum absolute atomic E-state index is 12.6. The van der Waals surface area contributed by atoms with Crippen molar-refractivity contribution in [2.24, 2.45) is 0 Å². The van der Waals surface area contributed by atoms with Gasteiger partial charge in [-0.2, -0.15) is 0 Å². The number of rotatable bonds is 4. The van der Waals surface area contributed by atoms with Gasteiger partial charge in [-0.25, -0.2) is 8.42 Å². The first-order valence-electron chi connectivity index (χ1n) is 7.89. The molecule has 0 bridgehead atoms. The third-order valence-electron chi connectivity index (χ3n) is 3.59. The normalized spacial score (nSPS) is 10.5. The monoisotopic (exact) mass is 378 g/mol. The largest absolute Gasteiger partial charge is 0.289 e. The summed E-state index contributed by atoms with van der Waals surface area (Å²) >= 11 is 0. The van der Waals surface area contributed by atoms with Crippen LogP contribution in [0.5, 0.6) is 0 Å². The minimum atomic E-state index is -4.11. The van der Waals surface area contributed by atoms with Crippen molar-refractivity contribution in [3.8, 4) is 11.8 Å². The highest BCUT2D eigenvalue weighted by atomic mass is 32.2. The third-order valence-corrected chi connectivity index (χ3v) is 5.02. The summed E-state index contributed by atoms with van der Waals surface area (Å²) in [6.07, 6.45) is 0. The average Bonchev–Trinajstić information content (AvgIpc) is 2.67. The lowest BCUT2D eigenvalue weighted by atomic mass is 10.2. The molecule has 0 aliphatic carbocycles. The molecular weight excluding hydrogens is 364 g/mol. The molecule has 0 aliphatic rings. The van der Waals surface area contributed by atoms with Gasteiger partial charge in [0, 0.05) is 17.2 Å². The topological polar surface area (TPSA) is 89.3 Å². The predicted molar refractivity (Wildman–Crippen MR) is 103 cm³/mol. The van der Waals surface area contributed by atoms with Gasteiger partial charge in [0.25, 0.3) is 15.7 Å². The van der Waals surface area contributed by atoms with Gasteiger partial charge in [0.05, 0.1) is 10.6 Å². The predicted octanol–water partition coefficient (Wildman–Crippen LogP) is 3.80. The fourth-order valence-electron chi connectivity index (χ4n) is 2.37. The number of nitro groups is 1. The number of nitrogens with one attached hydrogen (secondary N) is 1. The Balaban J connectivity index is 1.89. The SMILES string of the molecule is O=[N+]([O-])c1ccccc1S(=O)(=O)Nc1cccc(C#Cc2ccccc2)c1. The molecule has 0 radical (unpaired) electrons. The van der Waals surface area contributed by atoms with Crippen molar-refractivity contribution in [3.63, 3.8) is 0 Å². The van der Waals surface area contributed by atoms with Gasteiger partial charge in [0.2, 0.25) is 0 Å². The summed E-state index contributed by atoms with van der Waals surface area (Å²) in [6.45, 7) is 0. The van der Waals surface area contributed by atoms with E-state index in [9.17, 15) is 18.5 Å². The first kappa shape index (κ1) is 18.2. The minimum Gasteiger partial charge on any atom is -0.279 e. The fourth-order valence-corrected chi connectivity index (χ4v) is 3.59. The lowest BCUT2D eigenvalue weighted by molar-refractivity contribution is -0.387. The Hall–Kier alpha value is -3.63. The van der Waals surface area contributed by atoms with Gasteiger partial charge in [-0.3, -0.25) is 14.8 Å². The van der Waals surface area contributed by atoms with E-state index in [2.05, 4.69) is 16.6 Å². The van der Waals surface area contributed by atoms with E-state index < -0.39 is 25.5 Å². The molecule has 6 nitrogen and oxygen atoms in total. The van der Waals surface area contributed by atoms with E-state index in [1.54, 1.807) is 24.3 Å². The number of nitro benzene ring substituents is 1. The molecule has 0 amide bonds. The molecule has 0 atom stereocenters. The third kappa shape index (κ3) is 4.51. The molecule has 0 unspecified atom stereocenters. The molecule has 1 N–H and O–H groups in total. The first-order chi connectivity index (χ1) is 13.0. The number of sulfonamides is 1. The van der Waals surface area contributed by atoms with E-state index in [0.717, 1.165) is 11.6 Å². The molecule has 0 heterocycles. The Morgan fingerprint density at radius 3 is 2.19 bits per heavy atom. The zero-order valence-electron chi connectivity index (χ0n) is 14.0. The summed E-state index contributed by atoms with van der Waals surface area (Å²) in [7, 11) is -4.11. The van der Waals surface area contributed by atoms with Crippen molar-refractivity contribution in [1.82, 2.24) is 0 Å². The van der Waals surface area contributed by atoms with E-state index in [1.165, 1.54) is 18.2 Å². The van der Waals surface area contributed by atoms with Crippen LogP contribution in [-0.2, 0) is 10.0 Å². The highest BCUT2D eigenvalue weighted by Crippen LogP contribution is 2.25. The quantitative estimate of drug-likeness (QED) is 0.425. The number of hydrogen-bond acceptors (Lipinski definition) is 4. The van der Waals surface area contributed by atoms with E-state index >= 15 is 0 Å². The molecule has 7 heteroatoms. The van der Waals surface area contributed by atoms with Gasteiger partial charge in [-0.15, -0.1) is 0 Å². The van der Waals surface area contributed by atoms with Crippen LogP contribution >= 0.6 is 0 Å². The van der Waals surface area contributed by atoms with Crippen molar-refractivity contribution in [3.05, 3.63) is 100 Å². The van der Waals surface area contributed by atoms with Crippen molar-refractivity contribution >= 4 is 21.4 Å². The van der Waals surface area contributed by atoms with Crippen LogP contribution in [0, 0.1) is 22.0 Å². The molecule has 0 spiro atoms. The molecule has 0 saturated carbocycles. The molecule has 0 aromatic heterocycles.